The first-order chi connectivity index (χ1) is 23.1. The van der Waals surface area contributed by atoms with Gasteiger partial charge in [-0.25, -0.2) is 4.79 Å². The second-order valence-corrected chi connectivity index (χ2v) is 12.6. The molecule has 0 spiro atoms. The standard InChI is InChI=1S/C32H32ClF3N4O8S/c33-21-6-7-23-24(8-9-38-25(23)14-21)39-11-10-37-12-13-40-28(44)20(16-32(34,35)36)15-31(40,19-49-22-4-2-1-3-5-22)48-27(43)18-30(47,29(45)46)17-26(41)42/h1-9,14-15,37,47H,10-13,16-19H2,(H,38,39)(H,41,42)(H,45,46). The number of rotatable bonds is 17. The van der Waals surface area contributed by atoms with E-state index >= 15 is 0 Å². The van der Waals surface area contributed by atoms with Crippen LogP contribution in [0, 0.1) is 0 Å². The van der Waals surface area contributed by atoms with Crippen molar-refractivity contribution in [2.75, 3.05) is 37.2 Å². The molecule has 2 aromatic carbocycles. The number of carboxylic acid groups (broad SMARTS) is 2. The molecular weight excluding hydrogens is 693 g/mol. The van der Waals surface area contributed by atoms with Crippen LogP contribution in [0.2, 0.25) is 5.02 Å². The second kappa shape index (κ2) is 15.9. The maximum absolute atomic E-state index is 13.5. The number of anilines is 1. The van der Waals surface area contributed by atoms with Gasteiger partial charge in [0.25, 0.3) is 5.91 Å². The summed E-state index contributed by atoms with van der Waals surface area (Å²) in [4.78, 5) is 55.4. The van der Waals surface area contributed by atoms with Crippen molar-refractivity contribution < 1.29 is 52.4 Å². The van der Waals surface area contributed by atoms with Crippen LogP contribution in [-0.4, -0.2) is 98.5 Å². The molecule has 49 heavy (non-hydrogen) atoms. The summed E-state index contributed by atoms with van der Waals surface area (Å²) >= 11 is 7.10. The van der Waals surface area contributed by atoms with Gasteiger partial charge in [-0.1, -0.05) is 29.8 Å². The number of hydrogen-bond donors (Lipinski definition) is 5. The lowest BCUT2D eigenvalue weighted by Crippen LogP contribution is -2.54. The summed E-state index contributed by atoms with van der Waals surface area (Å²) in [5.41, 5.74) is -4.45. The molecule has 12 nitrogen and oxygen atoms in total. The minimum Gasteiger partial charge on any atom is -0.481 e. The first-order valence-electron chi connectivity index (χ1n) is 14.8. The van der Waals surface area contributed by atoms with E-state index in [0.717, 1.165) is 33.8 Å². The van der Waals surface area contributed by atoms with Crippen LogP contribution in [0.5, 0.6) is 0 Å². The predicted molar refractivity (Wildman–Crippen MR) is 174 cm³/mol. The molecule has 0 fully saturated rings. The highest BCUT2D eigenvalue weighted by Gasteiger charge is 2.51. The Kier molecular flexibility index (Phi) is 12.1. The van der Waals surface area contributed by atoms with Gasteiger partial charge in [0.05, 0.1) is 30.5 Å². The van der Waals surface area contributed by atoms with Crippen molar-refractivity contribution in [2.24, 2.45) is 0 Å². The molecule has 5 N–H and O–H groups in total. The fraction of sp³-hybridized carbons (Fsp3) is 0.344. The van der Waals surface area contributed by atoms with Crippen molar-refractivity contribution in [3.63, 3.8) is 0 Å². The third-order valence-corrected chi connectivity index (χ3v) is 8.76. The number of esters is 1. The summed E-state index contributed by atoms with van der Waals surface area (Å²) in [6.07, 6.45) is -6.63. The smallest absolute Gasteiger partial charge is 0.393 e. The molecule has 2 unspecified atom stereocenters. The first-order valence-corrected chi connectivity index (χ1v) is 16.1. The van der Waals surface area contributed by atoms with Crippen molar-refractivity contribution in [1.82, 2.24) is 15.2 Å². The zero-order chi connectivity index (χ0) is 35.8. The summed E-state index contributed by atoms with van der Waals surface area (Å²) < 4.78 is 46.2. The molecule has 1 amide bonds. The van der Waals surface area contributed by atoms with E-state index in [1.54, 1.807) is 54.7 Å². The van der Waals surface area contributed by atoms with Crippen molar-refractivity contribution in [3.05, 3.63) is 77.5 Å². The number of aliphatic hydroxyl groups is 1. The average molecular weight is 725 g/mol. The zero-order valence-electron chi connectivity index (χ0n) is 25.7. The van der Waals surface area contributed by atoms with Gasteiger partial charge in [-0.15, -0.1) is 11.8 Å². The topological polar surface area (TPSA) is 178 Å². The Hall–Kier alpha value is -4.38. The number of carboxylic acids is 2. The predicted octanol–water partition coefficient (Wildman–Crippen LogP) is 4.32. The number of alkyl halides is 3. The Morgan fingerprint density at radius 1 is 1.02 bits per heavy atom. The van der Waals surface area contributed by atoms with Gasteiger partial charge in [0.2, 0.25) is 5.72 Å². The van der Waals surface area contributed by atoms with E-state index in [1.165, 1.54) is 0 Å². The molecule has 1 aliphatic heterocycles. The number of fused-ring (bicyclic) bond motifs is 1. The van der Waals surface area contributed by atoms with Crippen molar-refractivity contribution in [2.45, 2.75) is 41.7 Å². The molecule has 0 saturated carbocycles. The van der Waals surface area contributed by atoms with Crippen molar-refractivity contribution in [1.29, 1.82) is 0 Å². The lowest BCUT2D eigenvalue weighted by molar-refractivity contribution is -0.183. The normalized spacial score (nSPS) is 17.4. The molecule has 262 valence electrons. The van der Waals surface area contributed by atoms with Gasteiger partial charge in [-0.3, -0.25) is 24.3 Å². The number of ether oxygens (including phenoxy) is 1. The van der Waals surface area contributed by atoms with E-state index in [2.05, 4.69) is 15.6 Å². The number of amides is 1. The molecule has 0 radical (unpaired) electrons. The van der Waals surface area contributed by atoms with Crippen LogP contribution in [0.25, 0.3) is 10.9 Å². The average Bonchev–Trinajstić information content (AvgIpc) is 3.25. The number of aromatic nitrogens is 1. The van der Waals surface area contributed by atoms with Crippen LogP contribution in [-0.2, 0) is 23.9 Å². The van der Waals surface area contributed by atoms with Gasteiger partial charge in [0, 0.05) is 58.9 Å². The van der Waals surface area contributed by atoms with Crippen molar-refractivity contribution >= 4 is 63.8 Å². The number of carbonyl (C=O) groups is 4. The molecule has 2 atom stereocenters. The quantitative estimate of drug-likeness (QED) is 0.0758. The lowest BCUT2D eigenvalue weighted by atomic mass is 9.96. The number of pyridine rings is 1. The van der Waals surface area contributed by atoms with E-state index in [0.29, 0.717) is 28.5 Å². The molecular formula is C32H32ClF3N4O8S. The molecule has 17 heteroatoms. The number of thioether (sulfide) groups is 1. The molecule has 2 heterocycles. The largest absolute Gasteiger partial charge is 0.481 e. The first kappa shape index (κ1) is 37.4. The van der Waals surface area contributed by atoms with Crippen LogP contribution >= 0.6 is 23.4 Å². The zero-order valence-corrected chi connectivity index (χ0v) is 27.3. The molecule has 4 rings (SSSR count). The number of aliphatic carboxylic acids is 2. The van der Waals surface area contributed by atoms with E-state index in [9.17, 15) is 42.6 Å². The highest BCUT2D eigenvalue weighted by molar-refractivity contribution is 7.99. The maximum Gasteiger partial charge on any atom is 0.393 e. The van der Waals surface area contributed by atoms with Crippen LogP contribution in [0.4, 0.5) is 18.9 Å². The fourth-order valence-corrected chi connectivity index (χ4v) is 6.33. The van der Waals surface area contributed by atoms with E-state index in [1.807, 2.05) is 6.07 Å². The van der Waals surface area contributed by atoms with E-state index < -0.39 is 66.2 Å². The highest BCUT2D eigenvalue weighted by atomic mass is 35.5. The Morgan fingerprint density at radius 3 is 2.43 bits per heavy atom. The maximum atomic E-state index is 13.5. The fourth-order valence-electron chi connectivity index (χ4n) is 5.14. The summed E-state index contributed by atoms with van der Waals surface area (Å²) in [6, 6.07) is 15.5. The SMILES string of the molecule is O=C(O)CC(O)(CC(=O)OC1(CSc2ccccc2)C=C(CC(F)(F)F)C(=O)N1CCNCCNc1ccnc2cc(Cl)ccc12)C(=O)O. The van der Waals surface area contributed by atoms with Gasteiger partial charge < -0.3 is 30.7 Å². The lowest BCUT2D eigenvalue weighted by Gasteiger charge is -2.37. The van der Waals surface area contributed by atoms with Crippen LogP contribution in [0.1, 0.15) is 19.3 Å². The number of nitrogens with one attached hydrogen (secondary N) is 2. The Bertz CT molecular complexity index is 1730. The number of carbonyl (C=O) groups excluding carboxylic acids is 2. The van der Waals surface area contributed by atoms with Crippen LogP contribution in [0.3, 0.4) is 0 Å². The molecule has 0 bridgehead atoms. The minimum atomic E-state index is -4.79. The van der Waals surface area contributed by atoms with Gasteiger partial charge in [0.1, 0.15) is 0 Å². The van der Waals surface area contributed by atoms with Gasteiger partial charge in [0.15, 0.2) is 5.60 Å². The molecule has 3 aromatic rings. The number of hydrogen-bond acceptors (Lipinski definition) is 10. The Labute approximate surface area is 287 Å². The number of benzene rings is 2. The monoisotopic (exact) mass is 724 g/mol. The summed E-state index contributed by atoms with van der Waals surface area (Å²) in [5, 5.41) is 36.7. The molecule has 1 aromatic heterocycles. The Morgan fingerprint density at radius 2 is 1.76 bits per heavy atom. The summed E-state index contributed by atoms with van der Waals surface area (Å²) in [7, 11) is 0. The second-order valence-electron chi connectivity index (χ2n) is 11.1. The molecule has 0 saturated heterocycles. The van der Waals surface area contributed by atoms with E-state index in [4.69, 9.17) is 21.4 Å². The van der Waals surface area contributed by atoms with Gasteiger partial charge >= 0.3 is 24.1 Å². The van der Waals surface area contributed by atoms with Gasteiger partial charge in [-0.2, -0.15) is 13.2 Å². The molecule has 1 aliphatic rings. The summed E-state index contributed by atoms with van der Waals surface area (Å²) in [5.74, 6) is -6.54. The third kappa shape index (κ3) is 10.1. The van der Waals surface area contributed by atoms with Crippen molar-refractivity contribution in [3.8, 4) is 0 Å². The minimum absolute atomic E-state index is 0.0423. The Balaban J connectivity index is 1.53. The van der Waals surface area contributed by atoms with Crippen LogP contribution < -0.4 is 10.6 Å². The van der Waals surface area contributed by atoms with Gasteiger partial charge in [-0.05, 0) is 42.5 Å². The van der Waals surface area contributed by atoms with E-state index in [-0.39, 0.29) is 18.8 Å². The summed E-state index contributed by atoms with van der Waals surface area (Å²) in [6.45, 7) is 0.540. The third-order valence-electron chi connectivity index (χ3n) is 7.36. The highest BCUT2D eigenvalue weighted by Crippen LogP contribution is 2.39. The van der Waals surface area contributed by atoms with Crippen LogP contribution in [0.15, 0.2) is 77.3 Å². The number of nitrogens with zero attached hydrogens (tertiary/aromatic N) is 2. The number of halogens is 4. The molecule has 0 aliphatic carbocycles.